The number of nitrogen functional groups attached to an aromatic ring is 1. The van der Waals surface area contributed by atoms with Crippen LogP contribution in [-0.4, -0.2) is 12.5 Å². The zero-order valence-electron chi connectivity index (χ0n) is 11.7. The van der Waals surface area contributed by atoms with Crippen LogP contribution >= 0.6 is 0 Å². The number of hydrogen-bond acceptors (Lipinski definition) is 3. The van der Waals surface area contributed by atoms with Crippen molar-refractivity contribution in [1.29, 1.82) is 0 Å². The molecule has 0 aliphatic carbocycles. The number of para-hydroxylation sites is 1. The van der Waals surface area contributed by atoms with Crippen LogP contribution < -0.4 is 11.1 Å². The molecule has 110 valence electrons. The number of benzene rings is 2. The summed E-state index contributed by atoms with van der Waals surface area (Å²) in [5.74, 6) is -0.673. The molecule has 0 fully saturated rings. The van der Waals surface area contributed by atoms with E-state index >= 15 is 0 Å². The molecule has 0 saturated carbocycles. The van der Waals surface area contributed by atoms with Gasteiger partial charge in [-0.05, 0) is 24.6 Å². The van der Waals surface area contributed by atoms with Gasteiger partial charge in [-0.2, -0.15) is 0 Å². The number of nitrogens with one attached hydrogen (secondary N) is 1. The van der Waals surface area contributed by atoms with E-state index < -0.39 is 0 Å². The van der Waals surface area contributed by atoms with Crippen molar-refractivity contribution >= 4 is 17.3 Å². The summed E-state index contributed by atoms with van der Waals surface area (Å²) in [6.07, 6.45) is 0. The molecule has 0 atom stereocenters. The van der Waals surface area contributed by atoms with E-state index in [0.29, 0.717) is 16.9 Å². The first-order chi connectivity index (χ1) is 10.1. The molecule has 5 heteroatoms. The van der Waals surface area contributed by atoms with Gasteiger partial charge in [-0.1, -0.05) is 30.3 Å². The van der Waals surface area contributed by atoms with Crippen LogP contribution in [0.2, 0.25) is 0 Å². The minimum absolute atomic E-state index is 0.0450. The molecule has 1 amide bonds. The highest BCUT2D eigenvalue weighted by Crippen LogP contribution is 2.22. The number of rotatable bonds is 5. The van der Waals surface area contributed by atoms with E-state index in [1.165, 1.54) is 6.07 Å². The summed E-state index contributed by atoms with van der Waals surface area (Å²) in [6, 6.07) is 11.7. The summed E-state index contributed by atoms with van der Waals surface area (Å²) in [5, 5.41) is 2.70. The van der Waals surface area contributed by atoms with Crippen molar-refractivity contribution in [1.82, 2.24) is 0 Å². The van der Waals surface area contributed by atoms with Crippen LogP contribution in [-0.2, 0) is 16.1 Å². The molecule has 0 aromatic heterocycles. The van der Waals surface area contributed by atoms with Gasteiger partial charge in [-0.3, -0.25) is 4.79 Å². The van der Waals surface area contributed by atoms with Gasteiger partial charge >= 0.3 is 0 Å². The predicted octanol–water partition coefficient (Wildman–Crippen LogP) is 2.87. The molecule has 2 aromatic carbocycles. The molecule has 4 nitrogen and oxygen atoms in total. The van der Waals surface area contributed by atoms with Crippen LogP contribution in [0.3, 0.4) is 0 Å². The fourth-order valence-electron chi connectivity index (χ4n) is 1.91. The van der Waals surface area contributed by atoms with Crippen molar-refractivity contribution in [2.24, 2.45) is 0 Å². The quantitative estimate of drug-likeness (QED) is 0.831. The Morgan fingerprint density at radius 3 is 2.71 bits per heavy atom. The van der Waals surface area contributed by atoms with E-state index in [1.54, 1.807) is 24.3 Å². The first kappa shape index (κ1) is 15.0. The lowest BCUT2D eigenvalue weighted by molar-refractivity contribution is -0.121. The molecule has 0 saturated heterocycles. The molecular weight excluding hydrogens is 271 g/mol. The monoisotopic (exact) mass is 288 g/mol. The second-order valence-electron chi connectivity index (χ2n) is 4.67. The Hall–Kier alpha value is -2.40. The second kappa shape index (κ2) is 6.85. The lowest BCUT2D eigenvalue weighted by Gasteiger charge is -2.11. The highest BCUT2D eigenvalue weighted by molar-refractivity contribution is 5.95. The third-order valence-electron chi connectivity index (χ3n) is 3.02. The SMILES string of the molecule is Cc1cccc(N)c1NC(=O)COCc1ccccc1F. The van der Waals surface area contributed by atoms with E-state index in [0.717, 1.165) is 5.56 Å². The van der Waals surface area contributed by atoms with Crippen LogP contribution in [0.1, 0.15) is 11.1 Å². The summed E-state index contributed by atoms with van der Waals surface area (Å²) >= 11 is 0. The zero-order valence-corrected chi connectivity index (χ0v) is 11.7. The number of carbonyl (C=O) groups is 1. The van der Waals surface area contributed by atoms with Gasteiger partial charge in [0, 0.05) is 5.56 Å². The average molecular weight is 288 g/mol. The average Bonchev–Trinajstić information content (AvgIpc) is 2.45. The highest BCUT2D eigenvalue weighted by Gasteiger charge is 2.08. The van der Waals surface area contributed by atoms with Gasteiger partial charge in [0.15, 0.2) is 0 Å². The minimum Gasteiger partial charge on any atom is -0.397 e. The largest absolute Gasteiger partial charge is 0.397 e. The molecule has 0 spiro atoms. The highest BCUT2D eigenvalue weighted by atomic mass is 19.1. The normalized spacial score (nSPS) is 10.4. The van der Waals surface area contributed by atoms with Crippen LogP contribution in [0.5, 0.6) is 0 Å². The summed E-state index contributed by atoms with van der Waals surface area (Å²) in [4.78, 5) is 11.8. The maximum absolute atomic E-state index is 13.4. The Labute approximate surface area is 122 Å². The van der Waals surface area contributed by atoms with Crippen LogP contribution in [0.25, 0.3) is 0 Å². The topological polar surface area (TPSA) is 64.3 Å². The lowest BCUT2D eigenvalue weighted by atomic mass is 10.1. The van der Waals surface area contributed by atoms with Crippen molar-refractivity contribution in [3.8, 4) is 0 Å². The Kier molecular flexibility index (Phi) is 4.90. The van der Waals surface area contributed by atoms with Crippen molar-refractivity contribution in [3.05, 3.63) is 59.4 Å². The maximum atomic E-state index is 13.4. The number of hydrogen-bond donors (Lipinski definition) is 2. The molecule has 0 aliphatic rings. The van der Waals surface area contributed by atoms with Crippen molar-refractivity contribution in [3.63, 3.8) is 0 Å². The Balaban J connectivity index is 1.87. The lowest BCUT2D eigenvalue weighted by Crippen LogP contribution is -2.19. The van der Waals surface area contributed by atoms with Crippen LogP contribution in [0, 0.1) is 12.7 Å². The van der Waals surface area contributed by atoms with Gasteiger partial charge in [-0.25, -0.2) is 4.39 Å². The molecule has 0 aliphatic heterocycles. The summed E-state index contributed by atoms with van der Waals surface area (Å²) in [7, 11) is 0. The summed E-state index contributed by atoms with van der Waals surface area (Å²) in [6.45, 7) is 1.73. The molecule has 3 N–H and O–H groups in total. The van der Waals surface area contributed by atoms with E-state index in [4.69, 9.17) is 10.5 Å². The van der Waals surface area contributed by atoms with Crippen molar-refractivity contribution in [2.75, 3.05) is 17.7 Å². The summed E-state index contributed by atoms with van der Waals surface area (Å²) < 4.78 is 18.6. The number of nitrogens with two attached hydrogens (primary N) is 1. The molecule has 2 aromatic rings. The van der Waals surface area contributed by atoms with Gasteiger partial charge in [0.2, 0.25) is 5.91 Å². The standard InChI is InChI=1S/C16H17FN2O2/c1-11-5-4-8-14(18)16(11)19-15(20)10-21-9-12-6-2-3-7-13(12)17/h2-8H,9-10,18H2,1H3,(H,19,20). The van der Waals surface area contributed by atoms with Gasteiger partial charge < -0.3 is 15.8 Å². The number of anilines is 2. The van der Waals surface area contributed by atoms with E-state index in [9.17, 15) is 9.18 Å². The second-order valence-corrected chi connectivity index (χ2v) is 4.67. The minimum atomic E-state index is -0.346. The third kappa shape index (κ3) is 4.03. The summed E-state index contributed by atoms with van der Waals surface area (Å²) in [5.41, 5.74) is 8.17. The van der Waals surface area contributed by atoms with Crippen molar-refractivity contribution < 1.29 is 13.9 Å². The Morgan fingerprint density at radius 2 is 2.00 bits per heavy atom. The number of ether oxygens (including phenoxy) is 1. The molecule has 0 radical (unpaired) electrons. The van der Waals surface area contributed by atoms with E-state index in [-0.39, 0.29) is 24.9 Å². The number of halogens is 1. The number of amides is 1. The molecule has 0 bridgehead atoms. The molecule has 0 heterocycles. The molecule has 21 heavy (non-hydrogen) atoms. The predicted molar refractivity (Wildman–Crippen MR) is 80.3 cm³/mol. The fraction of sp³-hybridized carbons (Fsp3) is 0.188. The van der Waals surface area contributed by atoms with Crippen molar-refractivity contribution in [2.45, 2.75) is 13.5 Å². The maximum Gasteiger partial charge on any atom is 0.250 e. The van der Waals surface area contributed by atoms with Crippen LogP contribution in [0.4, 0.5) is 15.8 Å². The fourth-order valence-corrected chi connectivity index (χ4v) is 1.91. The van der Waals surface area contributed by atoms with Gasteiger partial charge in [0.05, 0.1) is 18.0 Å². The van der Waals surface area contributed by atoms with E-state index in [2.05, 4.69) is 5.32 Å². The number of carbonyl (C=O) groups excluding carboxylic acids is 1. The third-order valence-corrected chi connectivity index (χ3v) is 3.02. The first-order valence-electron chi connectivity index (χ1n) is 6.54. The molecular formula is C16H17FN2O2. The Morgan fingerprint density at radius 1 is 1.24 bits per heavy atom. The molecule has 0 unspecified atom stereocenters. The van der Waals surface area contributed by atoms with Crippen LogP contribution in [0.15, 0.2) is 42.5 Å². The number of aryl methyl sites for hydroxylation is 1. The van der Waals surface area contributed by atoms with Gasteiger partial charge in [0.1, 0.15) is 12.4 Å². The van der Waals surface area contributed by atoms with Gasteiger partial charge in [0.25, 0.3) is 0 Å². The van der Waals surface area contributed by atoms with Gasteiger partial charge in [-0.15, -0.1) is 0 Å². The molecule has 2 rings (SSSR count). The zero-order chi connectivity index (χ0) is 15.2. The smallest absolute Gasteiger partial charge is 0.250 e. The first-order valence-corrected chi connectivity index (χ1v) is 6.54. The Bertz CT molecular complexity index is 624. The van der Waals surface area contributed by atoms with E-state index in [1.807, 2.05) is 19.1 Å².